The van der Waals surface area contributed by atoms with Crippen molar-refractivity contribution in [1.29, 1.82) is 0 Å². The van der Waals surface area contributed by atoms with Gasteiger partial charge in [0.2, 0.25) is 5.91 Å². The number of carbonyl (C=O) groups is 1. The van der Waals surface area contributed by atoms with Crippen molar-refractivity contribution >= 4 is 5.91 Å². The van der Waals surface area contributed by atoms with Crippen LogP contribution in [0, 0.1) is 6.92 Å². The summed E-state index contributed by atoms with van der Waals surface area (Å²) in [7, 11) is 0. The van der Waals surface area contributed by atoms with E-state index in [9.17, 15) is 9.90 Å². The Kier molecular flexibility index (Phi) is 5.26. The van der Waals surface area contributed by atoms with Crippen molar-refractivity contribution in [2.75, 3.05) is 6.54 Å². The molecule has 6 nitrogen and oxygen atoms in total. The third-order valence-electron chi connectivity index (χ3n) is 3.85. The maximum absolute atomic E-state index is 12.2. The molecular weight excluding hydrogens is 296 g/mol. The molecular formula is C17H24N2O4. The van der Waals surface area contributed by atoms with Crippen LogP contribution in [0.1, 0.15) is 49.3 Å². The number of aromatic nitrogens is 1. The van der Waals surface area contributed by atoms with Gasteiger partial charge in [-0.05, 0) is 32.4 Å². The summed E-state index contributed by atoms with van der Waals surface area (Å²) in [4.78, 5) is 12.2. The van der Waals surface area contributed by atoms with Crippen LogP contribution < -0.4 is 5.32 Å². The fraction of sp³-hybridized carbons (Fsp3) is 0.529. The maximum Gasteiger partial charge on any atom is 0.224 e. The molecule has 126 valence electrons. The largest absolute Gasteiger partial charge is 0.463 e. The predicted molar refractivity (Wildman–Crippen MR) is 85.0 cm³/mol. The predicted octanol–water partition coefficient (Wildman–Crippen LogP) is 2.27. The van der Waals surface area contributed by atoms with Gasteiger partial charge in [-0.2, -0.15) is 0 Å². The number of hydrogen-bond donors (Lipinski definition) is 2. The van der Waals surface area contributed by atoms with Gasteiger partial charge in [0.05, 0.1) is 18.7 Å². The molecule has 0 fully saturated rings. The summed E-state index contributed by atoms with van der Waals surface area (Å²) < 4.78 is 10.7. The monoisotopic (exact) mass is 320 g/mol. The van der Waals surface area contributed by atoms with E-state index in [1.54, 1.807) is 19.1 Å². The highest BCUT2D eigenvalue weighted by molar-refractivity contribution is 5.79. The number of amides is 1. The number of rotatable bonds is 7. The van der Waals surface area contributed by atoms with Crippen molar-refractivity contribution in [3.63, 3.8) is 0 Å². The lowest BCUT2D eigenvalue weighted by Crippen LogP contribution is -2.39. The molecule has 2 N–H and O–H groups in total. The second kappa shape index (κ2) is 7.00. The number of furan rings is 1. The van der Waals surface area contributed by atoms with Gasteiger partial charge in [-0.15, -0.1) is 0 Å². The highest BCUT2D eigenvalue weighted by Crippen LogP contribution is 2.22. The lowest BCUT2D eigenvalue weighted by atomic mass is 10.0. The number of aryl methyl sites for hydroxylation is 3. The van der Waals surface area contributed by atoms with E-state index in [0.717, 1.165) is 29.2 Å². The molecule has 6 heteroatoms. The zero-order valence-electron chi connectivity index (χ0n) is 14.1. The van der Waals surface area contributed by atoms with Gasteiger partial charge in [-0.1, -0.05) is 19.0 Å². The van der Waals surface area contributed by atoms with Gasteiger partial charge in [0.25, 0.3) is 0 Å². The quantitative estimate of drug-likeness (QED) is 0.817. The minimum absolute atomic E-state index is 0.0764. The molecule has 1 atom stereocenters. The Balaban J connectivity index is 1.99. The third-order valence-corrected chi connectivity index (χ3v) is 3.85. The molecule has 2 aromatic heterocycles. The molecule has 0 spiro atoms. The van der Waals surface area contributed by atoms with Crippen molar-refractivity contribution < 1.29 is 18.8 Å². The minimum atomic E-state index is -1.25. The van der Waals surface area contributed by atoms with Crippen LogP contribution in [0.25, 0.3) is 0 Å². The molecule has 0 radical (unpaired) electrons. The lowest BCUT2D eigenvalue weighted by Gasteiger charge is -2.21. The van der Waals surface area contributed by atoms with Crippen LogP contribution in [0.5, 0.6) is 0 Å². The van der Waals surface area contributed by atoms with Gasteiger partial charge in [-0.25, -0.2) is 0 Å². The molecule has 2 rings (SSSR count). The zero-order chi connectivity index (χ0) is 17.0. The summed E-state index contributed by atoms with van der Waals surface area (Å²) in [5, 5.41) is 17.2. The van der Waals surface area contributed by atoms with Crippen LogP contribution in [-0.4, -0.2) is 22.7 Å². The Labute approximate surface area is 135 Å². The average Bonchev–Trinajstić information content (AvgIpc) is 3.11. The van der Waals surface area contributed by atoms with Gasteiger partial charge < -0.3 is 19.4 Å². The van der Waals surface area contributed by atoms with Gasteiger partial charge in [0.15, 0.2) is 0 Å². The molecule has 0 aliphatic carbocycles. The molecule has 0 saturated heterocycles. The van der Waals surface area contributed by atoms with Crippen molar-refractivity contribution in [1.82, 2.24) is 10.5 Å². The van der Waals surface area contributed by atoms with E-state index in [1.807, 2.05) is 20.8 Å². The topological polar surface area (TPSA) is 88.5 Å². The lowest BCUT2D eigenvalue weighted by molar-refractivity contribution is -0.121. The highest BCUT2D eigenvalue weighted by atomic mass is 16.5. The molecule has 1 unspecified atom stereocenters. The molecule has 0 bridgehead atoms. The molecule has 0 aliphatic heterocycles. The van der Waals surface area contributed by atoms with Gasteiger partial charge >= 0.3 is 0 Å². The molecule has 0 aliphatic rings. The fourth-order valence-electron chi connectivity index (χ4n) is 2.44. The van der Waals surface area contributed by atoms with E-state index < -0.39 is 5.60 Å². The number of carbonyl (C=O) groups excluding carboxylic acids is 1. The molecule has 2 heterocycles. The summed E-state index contributed by atoms with van der Waals surface area (Å²) in [6.07, 6.45) is 1.61. The van der Waals surface area contributed by atoms with Crippen LogP contribution in [0.2, 0.25) is 0 Å². The summed E-state index contributed by atoms with van der Waals surface area (Å²) in [6, 6.07) is 3.50. The van der Waals surface area contributed by atoms with Crippen molar-refractivity contribution in [2.24, 2.45) is 0 Å². The van der Waals surface area contributed by atoms with E-state index in [4.69, 9.17) is 8.94 Å². The van der Waals surface area contributed by atoms with Gasteiger partial charge in [0.1, 0.15) is 22.9 Å². The SMILES string of the molecule is CCc1noc(CC)c1CC(=O)NCC(C)(O)c1ccc(C)o1. The molecule has 0 aromatic carbocycles. The first kappa shape index (κ1) is 17.3. The zero-order valence-corrected chi connectivity index (χ0v) is 14.1. The Morgan fingerprint density at radius 1 is 1.35 bits per heavy atom. The standard InChI is InChI=1S/C17H24N2O4/c1-5-13-12(14(6-2)23-19-13)9-16(20)18-10-17(4,21)15-8-7-11(3)22-15/h7-8,21H,5-6,9-10H2,1-4H3,(H,18,20). The van der Waals surface area contributed by atoms with Crippen molar-refractivity contribution in [3.8, 4) is 0 Å². The van der Waals surface area contributed by atoms with Crippen LogP contribution >= 0.6 is 0 Å². The van der Waals surface area contributed by atoms with E-state index in [-0.39, 0.29) is 18.9 Å². The summed E-state index contributed by atoms with van der Waals surface area (Å²) in [5.41, 5.74) is 0.408. The molecule has 23 heavy (non-hydrogen) atoms. The van der Waals surface area contributed by atoms with Crippen LogP contribution in [0.4, 0.5) is 0 Å². The first-order valence-corrected chi connectivity index (χ1v) is 7.89. The van der Waals surface area contributed by atoms with Crippen LogP contribution in [0.15, 0.2) is 21.1 Å². The summed E-state index contributed by atoms with van der Waals surface area (Å²) in [6.45, 7) is 7.43. The van der Waals surface area contributed by atoms with Gasteiger partial charge in [-0.3, -0.25) is 4.79 Å². The first-order chi connectivity index (χ1) is 10.9. The van der Waals surface area contributed by atoms with Crippen LogP contribution in [0.3, 0.4) is 0 Å². The Hall–Kier alpha value is -2.08. The van der Waals surface area contributed by atoms with Crippen molar-refractivity contribution in [2.45, 2.75) is 52.6 Å². The van der Waals surface area contributed by atoms with Crippen LogP contribution in [-0.2, 0) is 29.7 Å². The maximum atomic E-state index is 12.2. The second-order valence-electron chi connectivity index (χ2n) is 5.88. The van der Waals surface area contributed by atoms with Crippen molar-refractivity contribution in [3.05, 3.63) is 40.7 Å². The number of hydrogen-bond acceptors (Lipinski definition) is 5. The molecule has 2 aromatic rings. The molecule has 0 saturated carbocycles. The normalized spacial score (nSPS) is 13.8. The summed E-state index contributed by atoms with van der Waals surface area (Å²) in [5.74, 6) is 1.71. The van der Waals surface area contributed by atoms with E-state index in [0.29, 0.717) is 12.2 Å². The Morgan fingerprint density at radius 2 is 2.09 bits per heavy atom. The Bertz CT molecular complexity index is 648. The smallest absolute Gasteiger partial charge is 0.224 e. The average molecular weight is 320 g/mol. The van der Waals surface area contributed by atoms with E-state index in [1.165, 1.54) is 0 Å². The minimum Gasteiger partial charge on any atom is -0.463 e. The number of nitrogens with one attached hydrogen (secondary N) is 1. The van der Waals surface area contributed by atoms with E-state index in [2.05, 4.69) is 10.5 Å². The summed E-state index contributed by atoms with van der Waals surface area (Å²) >= 11 is 0. The molecule has 1 amide bonds. The number of nitrogens with zero attached hydrogens (tertiary/aromatic N) is 1. The van der Waals surface area contributed by atoms with Gasteiger partial charge in [0, 0.05) is 12.0 Å². The Morgan fingerprint density at radius 3 is 2.65 bits per heavy atom. The number of aliphatic hydroxyl groups is 1. The van der Waals surface area contributed by atoms with E-state index >= 15 is 0 Å². The highest BCUT2D eigenvalue weighted by Gasteiger charge is 2.28. The fourth-order valence-corrected chi connectivity index (χ4v) is 2.44. The third kappa shape index (κ3) is 4.01. The first-order valence-electron chi connectivity index (χ1n) is 7.89. The second-order valence-corrected chi connectivity index (χ2v) is 5.88.